The smallest absolute Gasteiger partial charge is 0.119 e. The van der Waals surface area contributed by atoms with Crippen LogP contribution in [0.1, 0.15) is 6.92 Å². The highest BCUT2D eigenvalue weighted by Crippen LogP contribution is 2.18. The summed E-state index contributed by atoms with van der Waals surface area (Å²) in [7, 11) is 0. The number of ether oxygens (including phenoxy) is 2. The molecular weight excluding hydrogens is 274 g/mol. The summed E-state index contributed by atoms with van der Waals surface area (Å²) < 4.78 is 11.0. The molecule has 20 heavy (non-hydrogen) atoms. The van der Waals surface area contributed by atoms with Crippen LogP contribution in [0.5, 0.6) is 11.5 Å². The van der Waals surface area contributed by atoms with Gasteiger partial charge in [0.25, 0.3) is 0 Å². The molecule has 0 bridgehead atoms. The third kappa shape index (κ3) is 4.67. The molecule has 0 aliphatic heterocycles. The molecule has 0 saturated heterocycles. The van der Waals surface area contributed by atoms with Gasteiger partial charge in [-0.05, 0) is 49.4 Å². The fourth-order valence-electron chi connectivity index (χ4n) is 1.76. The van der Waals surface area contributed by atoms with Gasteiger partial charge in [-0.25, -0.2) is 0 Å². The second-order valence-corrected chi connectivity index (χ2v) is 4.63. The fourth-order valence-corrected chi connectivity index (χ4v) is 1.95. The van der Waals surface area contributed by atoms with Crippen LogP contribution >= 0.6 is 11.6 Å². The Labute approximate surface area is 124 Å². The molecule has 0 heterocycles. The SMILES string of the molecule is CCOc1ccc(OCCNc2cccc(Cl)c2)cc1. The van der Waals surface area contributed by atoms with Crippen LogP contribution in [-0.4, -0.2) is 19.8 Å². The molecule has 106 valence electrons. The van der Waals surface area contributed by atoms with Crippen LogP contribution in [0.25, 0.3) is 0 Å². The molecule has 0 amide bonds. The number of nitrogens with one attached hydrogen (secondary N) is 1. The van der Waals surface area contributed by atoms with Crippen molar-refractivity contribution >= 4 is 17.3 Å². The molecular formula is C16H18ClNO2. The Bertz CT molecular complexity index is 528. The predicted molar refractivity (Wildman–Crippen MR) is 83.0 cm³/mol. The average molecular weight is 292 g/mol. The lowest BCUT2D eigenvalue weighted by atomic mass is 10.3. The van der Waals surface area contributed by atoms with Crippen LogP contribution in [0.4, 0.5) is 5.69 Å². The molecule has 0 fully saturated rings. The van der Waals surface area contributed by atoms with Gasteiger partial charge in [-0.2, -0.15) is 0 Å². The molecule has 0 aliphatic rings. The van der Waals surface area contributed by atoms with Crippen LogP contribution in [-0.2, 0) is 0 Å². The lowest BCUT2D eigenvalue weighted by Crippen LogP contribution is -2.11. The van der Waals surface area contributed by atoms with Crippen molar-refractivity contribution in [3.63, 3.8) is 0 Å². The fraction of sp³-hybridized carbons (Fsp3) is 0.250. The van der Waals surface area contributed by atoms with E-state index < -0.39 is 0 Å². The van der Waals surface area contributed by atoms with Gasteiger partial charge < -0.3 is 14.8 Å². The van der Waals surface area contributed by atoms with Crippen molar-refractivity contribution in [3.8, 4) is 11.5 Å². The summed E-state index contributed by atoms with van der Waals surface area (Å²) in [5.74, 6) is 1.69. The number of hydrogen-bond donors (Lipinski definition) is 1. The number of rotatable bonds is 7. The first-order chi connectivity index (χ1) is 9.78. The second-order valence-electron chi connectivity index (χ2n) is 4.19. The van der Waals surface area contributed by atoms with Crippen LogP contribution in [0.15, 0.2) is 48.5 Å². The molecule has 0 atom stereocenters. The Morgan fingerprint density at radius 2 is 1.70 bits per heavy atom. The minimum atomic E-state index is 0.584. The van der Waals surface area contributed by atoms with E-state index >= 15 is 0 Å². The van der Waals surface area contributed by atoms with Gasteiger partial charge in [-0.1, -0.05) is 17.7 Å². The first kappa shape index (κ1) is 14.5. The zero-order valence-electron chi connectivity index (χ0n) is 11.4. The third-order valence-electron chi connectivity index (χ3n) is 2.66. The Balaban J connectivity index is 1.73. The minimum Gasteiger partial charge on any atom is -0.494 e. The lowest BCUT2D eigenvalue weighted by molar-refractivity contribution is 0.326. The van der Waals surface area contributed by atoms with E-state index in [1.165, 1.54) is 0 Å². The van der Waals surface area contributed by atoms with Crippen LogP contribution < -0.4 is 14.8 Å². The predicted octanol–water partition coefficient (Wildman–Crippen LogP) is 4.23. The first-order valence-corrected chi connectivity index (χ1v) is 7.01. The summed E-state index contributed by atoms with van der Waals surface area (Å²) in [6, 6.07) is 15.3. The largest absolute Gasteiger partial charge is 0.494 e. The van der Waals surface area contributed by atoms with Crippen molar-refractivity contribution in [2.24, 2.45) is 0 Å². The summed E-state index contributed by atoms with van der Waals surface area (Å²) in [6.07, 6.45) is 0. The van der Waals surface area contributed by atoms with E-state index in [9.17, 15) is 0 Å². The second kappa shape index (κ2) is 7.65. The van der Waals surface area contributed by atoms with Crippen molar-refractivity contribution in [3.05, 3.63) is 53.6 Å². The topological polar surface area (TPSA) is 30.5 Å². The van der Waals surface area contributed by atoms with E-state index in [-0.39, 0.29) is 0 Å². The molecule has 4 heteroatoms. The summed E-state index contributed by atoms with van der Waals surface area (Å²) in [5, 5.41) is 3.98. The number of hydrogen-bond acceptors (Lipinski definition) is 3. The lowest BCUT2D eigenvalue weighted by Gasteiger charge is -2.09. The van der Waals surface area contributed by atoms with Crippen molar-refractivity contribution in [2.75, 3.05) is 25.1 Å². The van der Waals surface area contributed by atoms with Gasteiger partial charge in [0.2, 0.25) is 0 Å². The van der Waals surface area contributed by atoms with Crippen LogP contribution in [0.2, 0.25) is 5.02 Å². The molecule has 3 nitrogen and oxygen atoms in total. The zero-order chi connectivity index (χ0) is 14.2. The normalized spacial score (nSPS) is 10.1. The molecule has 0 unspecified atom stereocenters. The van der Waals surface area contributed by atoms with E-state index in [1.54, 1.807) is 0 Å². The Morgan fingerprint density at radius 1 is 1.00 bits per heavy atom. The number of benzene rings is 2. The molecule has 0 aliphatic carbocycles. The molecule has 0 saturated carbocycles. The van der Waals surface area contributed by atoms with Crippen LogP contribution in [0.3, 0.4) is 0 Å². The van der Waals surface area contributed by atoms with Crippen molar-refractivity contribution in [2.45, 2.75) is 6.92 Å². The summed E-state index contributed by atoms with van der Waals surface area (Å²) in [4.78, 5) is 0. The van der Waals surface area contributed by atoms with Crippen molar-refractivity contribution in [1.29, 1.82) is 0 Å². The maximum atomic E-state index is 5.91. The maximum absolute atomic E-state index is 5.91. The van der Waals surface area contributed by atoms with E-state index in [2.05, 4.69) is 5.32 Å². The van der Waals surface area contributed by atoms with Gasteiger partial charge in [-0.3, -0.25) is 0 Å². The van der Waals surface area contributed by atoms with Gasteiger partial charge in [0.05, 0.1) is 6.61 Å². The van der Waals surface area contributed by atoms with Crippen LogP contribution in [0, 0.1) is 0 Å². The minimum absolute atomic E-state index is 0.584. The van der Waals surface area contributed by atoms with Crippen molar-refractivity contribution < 1.29 is 9.47 Å². The van der Waals surface area contributed by atoms with E-state index in [4.69, 9.17) is 21.1 Å². The Hall–Kier alpha value is -1.87. The maximum Gasteiger partial charge on any atom is 0.119 e. The molecule has 0 aromatic heterocycles. The monoisotopic (exact) mass is 291 g/mol. The Morgan fingerprint density at radius 3 is 2.35 bits per heavy atom. The average Bonchev–Trinajstić information content (AvgIpc) is 2.46. The van der Waals surface area contributed by atoms with Gasteiger partial charge in [0, 0.05) is 17.3 Å². The summed E-state index contributed by atoms with van der Waals surface area (Å²) in [5.41, 5.74) is 0.993. The highest BCUT2D eigenvalue weighted by molar-refractivity contribution is 6.30. The van der Waals surface area contributed by atoms with E-state index in [0.29, 0.717) is 19.8 Å². The third-order valence-corrected chi connectivity index (χ3v) is 2.89. The highest BCUT2D eigenvalue weighted by atomic mass is 35.5. The molecule has 1 N–H and O–H groups in total. The Kier molecular flexibility index (Phi) is 5.56. The number of halogens is 1. The first-order valence-electron chi connectivity index (χ1n) is 6.63. The summed E-state index contributed by atoms with van der Waals surface area (Å²) >= 11 is 5.91. The van der Waals surface area contributed by atoms with E-state index in [1.807, 2.05) is 55.5 Å². The molecule has 2 aromatic carbocycles. The summed E-state index contributed by atoms with van der Waals surface area (Å²) in [6.45, 7) is 3.93. The standard InChI is InChI=1S/C16H18ClNO2/c1-2-19-15-6-8-16(9-7-15)20-11-10-18-14-5-3-4-13(17)12-14/h3-9,12,18H,2,10-11H2,1H3. The van der Waals surface area contributed by atoms with Gasteiger partial charge in [-0.15, -0.1) is 0 Å². The highest BCUT2D eigenvalue weighted by Gasteiger charge is 1.96. The number of anilines is 1. The van der Waals surface area contributed by atoms with Gasteiger partial charge in [0.15, 0.2) is 0 Å². The molecule has 2 aromatic rings. The molecule has 0 radical (unpaired) electrons. The van der Waals surface area contributed by atoms with Gasteiger partial charge in [0.1, 0.15) is 18.1 Å². The van der Waals surface area contributed by atoms with E-state index in [0.717, 1.165) is 22.2 Å². The molecule has 2 rings (SSSR count). The van der Waals surface area contributed by atoms with Crippen molar-refractivity contribution in [1.82, 2.24) is 0 Å². The zero-order valence-corrected chi connectivity index (χ0v) is 12.2. The van der Waals surface area contributed by atoms with Gasteiger partial charge >= 0.3 is 0 Å². The quantitative estimate of drug-likeness (QED) is 0.774. The molecule has 0 spiro atoms.